The molecular weight excluding hydrogens is 307 g/mol. The van der Waals surface area contributed by atoms with Gasteiger partial charge in [-0.15, -0.1) is 13.2 Å². The number of ether oxygens (including phenoxy) is 2. The van der Waals surface area contributed by atoms with Gasteiger partial charge in [-0.1, -0.05) is 32.0 Å². The van der Waals surface area contributed by atoms with Crippen molar-refractivity contribution >= 4 is 21.7 Å². The molecular formula is C17H16F3NO2. The van der Waals surface area contributed by atoms with Gasteiger partial charge in [0.05, 0.1) is 12.6 Å². The lowest BCUT2D eigenvalue weighted by molar-refractivity contribution is -0.274. The molecule has 6 heteroatoms. The molecule has 0 aliphatic rings. The van der Waals surface area contributed by atoms with Crippen LogP contribution in [0.2, 0.25) is 0 Å². The van der Waals surface area contributed by atoms with Crippen LogP contribution >= 0.6 is 0 Å². The molecule has 3 rings (SSSR count). The quantitative estimate of drug-likeness (QED) is 0.598. The molecule has 122 valence electrons. The largest absolute Gasteiger partial charge is 0.573 e. The number of alkyl halides is 3. The second-order valence-corrected chi connectivity index (χ2v) is 4.39. The van der Waals surface area contributed by atoms with E-state index in [0.717, 1.165) is 10.8 Å². The maximum atomic E-state index is 12.3. The van der Waals surface area contributed by atoms with Crippen molar-refractivity contribution < 1.29 is 22.6 Å². The molecule has 0 aliphatic carbocycles. The minimum atomic E-state index is -4.73. The molecule has 3 aromatic rings. The van der Waals surface area contributed by atoms with Crippen LogP contribution in [-0.2, 0) is 0 Å². The molecule has 0 radical (unpaired) electrons. The van der Waals surface area contributed by atoms with Crippen molar-refractivity contribution in [2.24, 2.45) is 0 Å². The minimum absolute atomic E-state index is 0.260. The first kappa shape index (κ1) is 16.9. The van der Waals surface area contributed by atoms with Gasteiger partial charge < -0.3 is 9.47 Å². The molecule has 0 amide bonds. The predicted octanol–water partition coefficient (Wildman–Crippen LogP) is 5.32. The molecule has 3 nitrogen and oxygen atoms in total. The number of para-hydroxylation sites is 1. The summed E-state index contributed by atoms with van der Waals surface area (Å²) in [5.41, 5.74) is 0.714. The van der Waals surface area contributed by atoms with Crippen molar-refractivity contribution in [1.82, 2.24) is 4.98 Å². The summed E-state index contributed by atoms with van der Waals surface area (Å²) in [7, 11) is 1.42. The monoisotopic (exact) mass is 323 g/mol. The number of halogens is 3. The summed E-state index contributed by atoms with van der Waals surface area (Å²) in [5, 5.41) is 2.07. The summed E-state index contributed by atoms with van der Waals surface area (Å²) in [6, 6.07) is 11.5. The molecule has 1 aromatic heterocycles. The molecule has 0 spiro atoms. The highest BCUT2D eigenvalue weighted by molar-refractivity contribution is 6.08. The van der Waals surface area contributed by atoms with E-state index in [-0.39, 0.29) is 11.6 Å². The van der Waals surface area contributed by atoms with Gasteiger partial charge in [0.1, 0.15) is 5.75 Å². The number of fused-ring (bicyclic) bond motifs is 3. The molecule has 0 N–H and O–H groups in total. The molecule has 0 saturated carbocycles. The Balaban J connectivity index is 0.000000924. The van der Waals surface area contributed by atoms with Crippen LogP contribution in [0.4, 0.5) is 13.2 Å². The molecule has 0 atom stereocenters. The van der Waals surface area contributed by atoms with Crippen LogP contribution in [0, 0.1) is 0 Å². The lowest BCUT2D eigenvalue weighted by atomic mass is 10.1. The Morgan fingerprint density at radius 1 is 0.913 bits per heavy atom. The SMILES string of the molecule is CC.COc1nc2ccccc2c2ccc(OC(F)(F)F)cc12. The van der Waals surface area contributed by atoms with Crippen LogP contribution in [0.15, 0.2) is 42.5 Å². The van der Waals surface area contributed by atoms with Crippen molar-refractivity contribution in [1.29, 1.82) is 0 Å². The fraction of sp³-hybridized carbons (Fsp3) is 0.235. The zero-order valence-corrected chi connectivity index (χ0v) is 12.9. The normalized spacial score (nSPS) is 11.0. The van der Waals surface area contributed by atoms with E-state index in [0.29, 0.717) is 10.9 Å². The Bertz CT molecular complexity index is 816. The van der Waals surface area contributed by atoms with Crippen molar-refractivity contribution in [2.45, 2.75) is 20.2 Å². The van der Waals surface area contributed by atoms with Crippen LogP contribution in [0.25, 0.3) is 21.7 Å². The molecule has 0 fully saturated rings. The van der Waals surface area contributed by atoms with E-state index in [1.807, 2.05) is 38.1 Å². The number of aromatic nitrogens is 1. The maximum absolute atomic E-state index is 12.3. The number of pyridine rings is 1. The number of nitrogens with zero attached hydrogens (tertiary/aromatic N) is 1. The summed E-state index contributed by atoms with van der Waals surface area (Å²) in [5.74, 6) is -0.0401. The van der Waals surface area contributed by atoms with Gasteiger partial charge in [-0.3, -0.25) is 0 Å². The third kappa shape index (κ3) is 3.64. The topological polar surface area (TPSA) is 31.4 Å². The smallest absolute Gasteiger partial charge is 0.481 e. The van der Waals surface area contributed by atoms with Gasteiger partial charge in [0.25, 0.3) is 0 Å². The van der Waals surface area contributed by atoms with Crippen molar-refractivity contribution in [3.63, 3.8) is 0 Å². The third-order valence-corrected chi connectivity index (χ3v) is 3.06. The summed E-state index contributed by atoms with van der Waals surface area (Å²) >= 11 is 0. The summed E-state index contributed by atoms with van der Waals surface area (Å²) in [6.07, 6.45) is -4.73. The van der Waals surface area contributed by atoms with Gasteiger partial charge >= 0.3 is 6.36 Å². The highest BCUT2D eigenvalue weighted by Crippen LogP contribution is 2.34. The Morgan fingerprint density at radius 3 is 2.26 bits per heavy atom. The highest BCUT2D eigenvalue weighted by Gasteiger charge is 2.31. The van der Waals surface area contributed by atoms with Crippen molar-refractivity contribution in [3.05, 3.63) is 42.5 Å². The fourth-order valence-electron chi connectivity index (χ4n) is 2.26. The molecule has 0 bridgehead atoms. The molecule has 0 unspecified atom stereocenters. The number of hydrogen-bond donors (Lipinski definition) is 0. The Labute approximate surface area is 131 Å². The van der Waals surface area contributed by atoms with E-state index in [4.69, 9.17) is 4.74 Å². The van der Waals surface area contributed by atoms with Crippen molar-refractivity contribution in [3.8, 4) is 11.6 Å². The average Bonchev–Trinajstić information content (AvgIpc) is 2.54. The van der Waals surface area contributed by atoms with E-state index >= 15 is 0 Å². The van der Waals surface area contributed by atoms with E-state index in [1.54, 1.807) is 6.07 Å². The van der Waals surface area contributed by atoms with Crippen LogP contribution in [0.5, 0.6) is 11.6 Å². The zero-order valence-electron chi connectivity index (χ0n) is 12.9. The minimum Gasteiger partial charge on any atom is -0.481 e. The highest BCUT2D eigenvalue weighted by atomic mass is 19.4. The number of methoxy groups -OCH3 is 1. The summed E-state index contributed by atoms with van der Waals surface area (Å²) < 4.78 is 46.0. The average molecular weight is 323 g/mol. The van der Waals surface area contributed by atoms with Gasteiger partial charge in [0.2, 0.25) is 5.88 Å². The first-order valence-corrected chi connectivity index (χ1v) is 7.10. The van der Waals surface area contributed by atoms with E-state index < -0.39 is 6.36 Å². The Hall–Kier alpha value is -2.50. The van der Waals surface area contributed by atoms with Gasteiger partial charge in [-0.05, 0) is 29.7 Å². The third-order valence-electron chi connectivity index (χ3n) is 3.06. The zero-order chi connectivity index (χ0) is 17.0. The first-order valence-electron chi connectivity index (χ1n) is 7.10. The lowest BCUT2D eigenvalue weighted by Crippen LogP contribution is -2.17. The Morgan fingerprint density at radius 2 is 1.61 bits per heavy atom. The van der Waals surface area contributed by atoms with Gasteiger partial charge in [0, 0.05) is 10.8 Å². The molecule has 0 saturated heterocycles. The van der Waals surface area contributed by atoms with E-state index in [2.05, 4.69) is 9.72 Å². The second-order valence-electron chi connectivity index (χ2n) is 4.39. The molecule has 2 aromatic carbocycles. The van der Waals surface area contributed by atoms with E-state index in [1.165, 1.54) is 19.2 Å². The molecule has 0 aliphatic heterocycles. The van der Waals surface area contributed by atoms with Crippen LogP contribution in [0.3, 0.4) is 0 Å². The second kappa shape index (κ2) is 6.73. The van der Waals surface area contributed by atoms with E-state index in [9.17, 15) is 13.2 Å². The van der Waals surface area contributed by atoms with Crippen LogP contribution in [-0.4, -0.2) is 18.5 Å². The standard InChI is InChI=1S/C15H10F3NO2.C2H6/c1-20-14-12-8-9(21-15(16,17)18)6-7-10(12)11-4-2-3-5-13(11)19-14;1-2/h2-8H,1H3;1-2H3. The summed E-state index contributed by atoms with van der Waals surface area (Å²) in [6.45, 7) is 4.00. The van der Waals surface area contributed by atoms with Gasteiger partial charge in [0.15, 0.2) is 0 Å². The maximum Gasteiger partial charge on any atom is 0.573 e. The van der Waals surface area contributed by atoms with Crippen LogP contribution in [0.1, 0.15) is 13.8 Å². The predicted molar refractivity (Wildman–Crippen MR) is 83.8 cm³/mol. The molecule has 1 heterocycles. The number of rotatable bonds is 2. The van der Waals surface area contributed by atoms with Gasteiger partial charge in [-0.2, -0.15) is 0 Å². The lowest BCUT2D eigenvalue weighted by Gasteiger charge is -2.12. The molecule has 23 heavy (non-hydrogen) atoms. The van der Waals surface area contributed by atoms with Crippen LogP contribution < -0.4 is 9.47 Å². The fourth-order valence-corrected chi connectivity index (χ4v) is 2.26. The Kier molecular flexibility index (Phi) is 4.93. The first-order chi connectivity index (χ1) is 11.0. The van der Waals surface area contributed by atoms with Gasteiger partial charge in [-0.25, -0.2) is 4.98 Å². The number of hydrogen-bond acceptors (Lipinski definition) is 3. The van der Waals surface area contributed by atoms with Crippen molar-refractivity contribution in [2.75, 3.05) is 7.11 Å². The number of benzene rings is 2. The summed E-state index contributed by atoms with van der Waals surface area (Å²) in [4.78, 5) is 4.30.